The average molecular weight is 327 g/mol. The number of carbonyl (C=O) groups excluding carboxylic acids is 1. The molecule has 0 aromatic heterocycles. The van der Waals surface area contributed by atoms with Crippen molar-refractivity contribution in [3.8, 4) is 22.6 Å². The van der Waals surface area contributed by atoms with Gasteiger partial charge in [0.05, 0.1) is 19.8 Å². The Labute approximate surface area is 143 Å². The number of benzene rings is 2. The Balaban J connectivity index is 2.66. The highest BCUT2D eigenvalue weighted by atomic mass is 16.5. The van der Waals surface area contributed by atoms with Crippen molar-refractivity contribution in [2.45, 2.75) is 33.7 Å². The Bertz CT molecular complexity index is 751. The lowest BCUT2D eigenvalue weighted by Crippen LogP contribution is -2.30. The molecule has 0 aliphatic carbocycles. The molecular formula is C20H25NO3. The van der Waals surface area contributed by atoms with E-state index in [2.05, 4.69) is 31.3 Å². The summed E-state index contributed by atoms with van der Waals surface area (Å²) in [7, 11) is 3.16. The van der Waals surface area contributed by atoms with E-state index in [9.17, 15) is 4.79 Å². The largest absolute Gasteiger partial charge is 0.493 e. The predicted molar refractivity (Wildman–Crippen MR) is 97.1 cm³/mol. The third kappa shape index (κ3) is 3.70. The molecule has 0 unspecified atom stereocenters. The Morgan fingerprint density at radius 1 is 0.958 bits per heavy atom. The lowest BCUT2D eigenvalue weighted by Gasteiger charge is -2.17. The smallest absolute Gasteiger partial charge is 0.252 e. The van der Waals surface area contributed by atoms with E-state index in [0.717, 1.165) is 11.1 Å². The monoisotopic (exact) mass is 327 g/mol. The van der Waals surface area contributed by atoms with Crippen LogP contribution in [0.5, 0.6) is 11.5 Å². The second kappa shape index (κ2) is 7.39. The third-order valence-electron chi connectivity index (χ3n) is 4.01. The zero-order chi connectivity index (χ0) is 17.9. The first-order valence-corrected chi connectivity index (χ1v) is 8.01. The molecule has 0 heterocycles. The molecular weight excluding hydrogens is 302 g/mol. The first-order valence-electron chi connectivity index (χ1n) is 8.01. The number of nitrogens with one attached hydrogen (secondary N) is 1. The number of ether oxygens (including phenoxy) is 2. The van der Waals surface area contributed by atoms with Crippen molar-refractivity contribution in [2.75, 3.05) is 14.2 Å². The number of rotatable bonds is 5. The van der Waals surface area contributed by atoms with Crippen molar-refractivity contribution in [2.24, 2.45) is 0 Å². The molecule has 128 valence electrons. The fraction of sp³-hybridized carbons (Fsp3) is 0.350. The maximum absolute atomic E-state index is 12.7. The van der Waals surface area contributed by atoms with Crippen LogP contribution >= 0.6 is 0 Å². The highest BCUT2D eigenvalue weighted by molar-refractivity contribution is 6.02. The first kappa shape index (κ1) is 17.9. The average Bonchev–Trinajstić information content (AvgIpc) is 2.55. The van der Waals surface area contributed by atoms with Gasteiger partial charge >= 0.3 is 0 Å². The maximum atomic E-state index is 12.7. The molecule has 1 N–H and O–H groups in total. The number of methoxy groups -OCH3 is 2. The van der Waals surface area contributed by atoms with E-state index in [0.29, 0.717) is 17.1 Å². The van der Waals surface area contributed by atoms with E-state index in [1.165, 1.54) is 11.1 Å². The summed E-state index contributed by atoms with van der Waals surface area (Å²) in [5, 5.41) is 2.95. The van der Waals surface area contributed by atoms with Gasteiger partial charge in [0.2, 0.25) is 0 Å². The van der Waals surface area contributed by atoms with E-state index >= 15 is 0 Å². The number of hydrogen-bond acceptors (Lipinski definition) is 3. The van der Waals surface area contributed by atoms with Crippen LogP contribution < -0.4 is 14.8 Å². The van der Waals surface area contributed by atoms with Gasteiger partial charge in [-0.15, -0.1) is 0 Å². The third-order valence-corrected chi connectivity index (χ3v) is 4.01. The van der Waals surface area contributed by atoms with Gasteiger partial charge in [0, 0.05) is 6.04 Å². The fourth-order valence-electron chi connectivity index (χ4n) is 2.55. The summed E-state index contributed by atoms with van der Waals surface area (Å²) >= 11 is 0. The van der Waals surface area contributed by atoms with E-state index in [1.54, 1.807) is 20.3 Å². The minimum Gasteiger partial charge on any atom is -0.493 e. The van der Waals surface area contributed by atoms with Crippen molar-refractivity contribution in [3.05, 3.63) is 47.0 Å². The lowest BCUT2D eigenvalue weighted by molar-refractivity contribution is 0.0943. The van der Waals surface area contributed by atoms with Crippen molar-refractivity contribution in [1.82, 2.24) is 5.32 Å². The van der Waals surface area contributed by atoms with Gasteiger partial charge < -0.3 is 14.8 Å². The molecule has 24 heavy (non-hydrogen) atoms. The highest BCUT2D eigenvalue weighted by Crippen LogP contribution is 2.36. The molecule has 0 radical (unpaired) electrons. The zero-order valence-electron chi connectivity index (χ0n) is 15.2. The lowest BCUT2D eigenvalue weighted by atomic mass is 9.95. The van der Waals surface area contributed by atoms with E-state index in [1.807, 2.05) is 26.0 Å². The molecule has 0 saturated heterocycles. The van der Waals surface area contributed by atoms with Gasteiger partial charge in [-0.05, 0) is 62.1 Å². The molecule has 0 bridgehead atoms. The summed E-state index contributed by atoms with van der Waals surface area (Å²) in [5.74, 6) is 1.02. The van der Waals surface area contributed by atoms with Crippen LogP contribution in [0, 0.1) is 13.8 Å². The Hall–Kier alpha value is -2.49. The summed E-state index contributed by atoms with van der Waals surface area (Å²) in [5.41, 5.74) is 4.77. The molecule has 0 spiro atoms. The summed E-state index contributed by atoms with van der Waals surface area (Å²) in [6.45, 7) is 8.01. The van der Waals surface area contributed by atoms with Crippen LogP contribution in [0.2, 0.25) is 0 Å². The first-order chi connectivity index (χ1) is 11.4. The second-order valence-electron chi connectivity index (χ2n) is 6.18. The standard InChI is InChI=1S/C20H25NO3/c1-12(2)21-20(22)17-11-19(24-6)18(23-5)10-16(17)15-8-7-13(3)14(4)9-15/h7-12H,1-6H3,(H,21,22). The molecule has 0 fully saturated rings. The van der Waals surface area contributed by atoms with Gasteiger partial charge in [0.25, 0.3) is 5.91 Å². The summed E-state index contributed by atoms with van der Waals surface area (Å²) in [6.07, 6.45) is 0. The summed E-state index contributed by atoms with van der Waals surface area (Å²) in [4.78, 5) is 12.7. The molecule has 2 aromatic carbocycles. The quantitative estimate of drug-likeness (QED) is 0.898. The second-order valence-corrected chi connectivity index (χ2v) is 6.18. The van der Waals surface area contributed by atoms with Gasteiger partial charge in [0.15, 0.2) is 11.5 Å². The Morgan fingerprint density at radius 2 is 1.58 bits per heavy atom. The summed E-state index contributed by atoms with van der Waals surface area (Å²) < 4.78 is 10.8. The topological polar surface area (TPSA) is 47.6 Å². The van der Waals surface area contributed by atoms with Crippen LogP contribution in [-0.2, 0) is 0 Å². The number of hydrogen-bond donors (Lipinski definition) is 1. The van der Waals surface area contributed by atoms with Crippen molar-refractivity contribution in [3.63, 3.8) is 0 Å². The van der Waals surface area contributed by atoms with Gasteiger partial charge in [-0.3, -0.25) is 4.79 Å². The van der Waals surface area contributed by atoms with Gasteiger partial charge in [-0.2, -0.15) is 0 Å². The molecule has 4 nitrogen and oxygen atoms in total. The summed E-state index contributed by atoms with van der Waals surface area (Å²) in [6, 6.07) is 9.82. The van der Waals surface area contributed by atoms with Crippen LogP contribution in [0.3, 0.4) is 0 Å². The predicted octanol–water partition coefficient (Wildman–Crippen LogP) is 4.13. The highest BCUT2D eigenvalue weighted by Gasteiger charge is 2.19. The van der Waals surface area contributed by atoms with Gasteiger partial charge in [-0.1, -0.05) is 18.2 Å². The van der Waals surface area contributed by atoms with Gasteiger partial charge in [-0.25, -0.2) is 0 Å². The van der Waals surface area contributed by atoms with Crippen LogP contribution in [0.15, 0.2) is 30.3 Å². The van der Waals surface area contributed by atoms with Crippen LogP contribution in [0.25, 0.3) is 11.1 Å². The molecule has 0 saturated carbocycles. The Morgan fingerprint density at radius 3 is 2.12 bits per heavy atom. The minimum atomic E-state index is -0.126. The normalized spacial score (nSPS) is 10.6. The van der Waals surface area contributed by atoms with Crippen LogP contribution in [0.1, 0.15) is 35.3 Å². The number of carbonyl (C=O) groups is 1. The van der Waals surface area contributed by atoms with Crippen LogP contribution in [0.4, 0.5) is 0 Å². The van der Waals surface area contributed by atoms with E-state index in [4.69, 9.17) is 9.47 Å². The minimum absolute atomic E-state index is 0.0539. The zero-order valence-corrected chi connectivity index (χ0v) is 15.2. The van der Waals surface area contributed by atoms with E-state index in [-0.39, 0.29) is 11.9 Å². The van der Waals surface area contributed by atoms with Gasteiger partial charge in [0.1, 0.15) is 0 Å². The van der Waals surface area contributed by atoms with E-state index < -0.39 is 0 Å². The molecule has 0 aliphatic rings. The molecule has 0 aliphatic heterocycles. The van der Waals surface area contributed by atoms with Crippen molar-refractivity contribution >= 4 is 5.91 Å². The number of amides is 1. The molecule has 2 rings (SSSR count). The molecule has 4 heteroatoms. The van der Waals surface area contributed by atoms with Crippen LogP contribution in [-0.4, -0.2) is 26.2 Å². The maximum Gasteiger partial charge on any atom is 0.252 e. The molecule has 2 aromatic rings. The molecule has 0 atom stereocenters. The van der Waals surface area contributed by atoms with Crippen molar-refractivity contribution < 1.29 is 14.3 Å². The molecule has 1 amide bonds. The SMILES string of the molecule is COc1cc(C(=O)NC(C)C)c(-c2ccc(C)c(C)c2)cc1OC. The fourth-order valence-corrected chi connectivity index (χ4v) is 2.55. The number of aryl methyl sites for hydroxylation is 2. The Kier molecular flexibility index (Phi) is 5.50. The van der Waals surface area contributed by atoms with Crippen molar-refractivity contribution in [1.29, 1.82) is 0 Å².